The number of aliphatic hydroxyl groups excluding tert-OH is 1. The predicted octanol–water partition coefficient (Wildman–Crippen LogP) is -1.03. The summed E-state index contributed by atoms with van der Waals surface area (Å²) < 4.78 is 27.3. The minimum absolute atomic E-state index is 0.135. The van der Waals surface area contributed by atoms with Crippen molar-refractivity contribution in [1.82, 2.24) is 5.32 Å². The molecule has 5 unspecified atom stereocenters. The summed E-state index contributed by atoms with van der Waals surface area (Å²) in [5.41, 5.74) is 0.282. The Hall–Kier alpha value is -1.41. The molecule has 0 radical (unpaired) electrons. The maximum absolute atomic E-state index is 11.7. The molecule has 0 heterocycles. The lowest BCUT2D eigenvalue weighted by Crippen LogP contribution is -2.43. The Morgan fingerprint density at radius 1 is 1.38 bits per heavy atom. The molecule has 1 amide bonds. The van der Waals surface area contributed by atoms with Gasteiger partial charge in [0, 0.05) is 17.4 Å². The van der Waals surface area contributed by atoms with Crippen molar-refractivity contribution in [2.45, 2.75) is 37.2 Å². The van der Waals surface area contributed by atoms with Gasteiger partial charge in [0.1, 0.15) is 23.4 Å². The van der Waals surface area contributed by atoms with Crippen molar-refractivity contribution in [3.05, 3.63) is 12.2 Å². The Morgan fingerprint density at radius 3 is 2.57 bits per heavy atom. The van der Waals surface area contributed by atoms with Crippen LogP contribution in [0.2, 0.25) is 0 Å². The molecule has 0 aromatic heterocycles. The van der Waals surface area contributed by atoms with Crippen LogP contribution in [0.25, 0.3) is 0 Å². The van der Waals surface area contributed by atoms with Crippen LogP contribution in [0.15, 0.2) is 12.2 Å². The Labute approximate surface area is 124 Å². The highest BCUT2D eigenvalue weighted by Gasteiger charge is 2.55. The van der Waals surface area contributed by atoms with E-state index >= 15 is 0 Å². The maximum atomic E-state index is 11.7. The van der Waals surface area contributed by atoms with Gasteiger partial charge in [-0.3, -0.25) is 9.59 Å². The molecule has 2 saturated carbocycles. The average molecular weight is 317 g/mol. The molecular formula is C13H19NO6S. The van der Waals surface area contributed by atoms with E-state index in [0.29, 0.717) is 12.8 Å². The van der Waals surface area contributed by atoms with Gasteiger partial charge < -0.3 is 15.2 Å². The molecular weight excluding hydrogens is 298 g/mol. The maximum Gasteiger partial charge on any atom is 0.325 e. The van der Waals surface area contributed by atoms with Crippen LogP contribution in [0.5, 0.6) is 0 Å². The molecule has 21 heavy (non-hydrogen) atoms. The molecule has 0 aromatic rings. The van der Waals surface area contributed by atoms with E-state index in [-0.39, 0.29) is 24.0 Å². The number of esters is 1. The highest BCUT2D eigenvalue weighted by atomic mass is 32.2. The Balaban J connectivity index is 1.87. The fourth-order valence-electron chi connectivity index (χ4n) is 3.15. The number of nitrogens with one attached hydrogen (secondary N) is 1. The highest BCUT2D eigenvalue weighted by Crippen LogP contribution is 2.47. The van der Waals surface area contributed by atoms with E-state index in [9.17, 15) is 23.1 Å². The van der Waals surface area contributed by atoms with E-state index in [4.69, 9.17) is 4.74 Å². The van der Waals surface area contributed by atoms with Crippen molar-refractivity contribution in [2.24, 2.45) is 11.8 Å². The van der Waals surface area contributed by atoms with Crippen LogP contribution in [0, 0.1) is 11.8 Å². The largest absolute Gasteiger partial charge is 0.458 e. The Kier molecular flexibility index (Phi) is 4.67. The number of rotatable bonds is 5. The van der Waals surface area contributed by atoms with Crippen LogP contribution >= 0.6 is 0 Å². The van der Waals surface area contributed by atoms with Gasteiger partial charge in [0.25, 0.3) is 0 Å². The normalized spacial score (nSPS) is 34.0. The zero-order valence-corrected chi connectivity index (χ0v) is 12.5. The van der Waals surface area contributed by atoms with Gasteiger partial charge in [-0.1, -0.05) is 6.58 Å². The van der Waals surface area contributed by atoms with E-state index in [1.165, 1.54) is 6.92 Å². The first kappa shape index (κ1) is 16.0. The van der Waals surface area contributed by atoms with Crippen LogP contribution in [-0.2, 0) is 25.0 Å². The second-order valence-electron chi connectivity index (χ2n) is 5.66. The second-order valence-corrected chi connectivity index (χ2v) is 6.89. The third-order valence-corrected chi connectivity index (χ3v) is 5.31. The summed E-state index contributed by atoms with van der Waals surface area (Å²) in [4.78, 5) is 22.9. The number of amides is 1. The number of carbonyl (C=O) groups is 2. The smallest absolute Gasteiger partial charge is 0.325 e. The zero-order valence-electron chi connectivity index (χ0n) is 11.7. The highest BCUT2D eigenvalue weighted by molar-refractivity contribution is 7.73. The zero-order chi connectivity index (χ0) is 15.7. The van der Waals surface area contributed by atoms with Crippen LogP contribution in [-0.4, -0.2) is 49.4 Å². The van der Waals surface area contributed by atoms with E-state index in [0.717, 1.165) is 0 Å². The summed E-state index contributed by atoms with van der Waals surface area (Å²) >= 11 is 0. The fourth-order valence-corrected chi connectivity index (χ4v) is 4.20. The van der Waals surface area contributed by atoms with Crippen molar-refractivity contribution >= 4 is 22.6 Å². The minimum atomic E-state index is -2.57. The molecule has 2 rings (SSSR count). The van der Waals surface area contributed by atoms with Crippen LogP contribution in [0.1, 0.15) is 19.8 Å². The topological polar surface area (TPSA) is 110 Å². The minimum Gasteiger partial charge on any atom is -0.458 e. The van der Waals surface area contributed by atoms with E-state index in [2.05, 4.69) is 11.9 Å². The van der Waals surface area contributed by atoms with Crippen molar-refractivity contribution in [3.63, 3.8) is 0 Å². The number of ether oxygens (including phenoxy) is 1. The predicted molar refractivity (Wildman–Crippen MR) is 74.0 cm³/mol. The summed E-state index contributed by atoms with van der Waals surface area (Å²) in [6.07, 6.45) is -0.681. The monoisotopic (exact) mass is 317 g/mol. The SMILES string of the molecule is C=C(C)C(=O)NCC(=O)OC1C2CC(C1O)C([SH](=O)=O)C2. The van der Waals surface area contributed by atoms with Gasteiger partial charge in [0.05, 0.1) is 11.4 Å². The molecule has 7 nitrogen and oxygen atoms in total. The lowest BCUT2D eigenvalue weighted by molar-refractivity contribution is -0.157. The summed E-state index contributed by atoms with van der Waals surface area (Å²) in [7, 11) is -2.57. The third-order valence-electron chi connectivity index (χ3n) is 4.17. The van der Waals surface area contributed by atoms with Gasteiger partial charge in [-0.15, -0.1) is 0 Å². The number of fused-ring (bicyclic) bond motifs is 2. The van der Waals surface area contributed by atoms with Crippen LogP contribution < -0.4 is 5.32 Å². The van der Waals surface area contributed by atoms with Crippen LogP contribution in [0.4, 0.5) is 0 Å². The molecule has 118 valence electrons. The molecule has 0 aliphatic heterocycles. The molecule has 2 N–H and O–H groups in total. The summed E-state index contributed by atoms with van der Waals surface area (Å²) in [5.74, 6) is -1.59. The van der Waals surface area contributed by atoms with Gasteiger partial charge in [-0.25, -0.2) is 8.42 Å². The molecule has 8 heteroatoms. The van der Waals surface area contributed by atoms with Gasteiger partial charge >= 0.3 is 5.97 Å². The molecule has 2 bridgehead atoms. The van der Waals surface area contributed by atoms with Crippen molar-refractivity contribution < 1.29 is 27.9 Å². The summed E-state index contributed by atoms with van der Waals surface area (Å²) in [6, 6.07) is 0. The number of carbonyl (C=O) groups excluding carboxylic acids is 2. The summed E-state index contributed by atoms with van der Waals surface area (Å²) in [5, 5.41) is 11.9. The molecule has 0 aromatic carbocycles. The number of thiol groups is 1. The lowest BCUT2D eigenvalue weighted by Gasteiger charge is -2.29. The summed E-state index contributed by atoms with van der Waals surface area (Å²) in [6.45, 7) is 4.66. The number of aliphatic hydroxyl groups is 1. The Bertz CT molecular complexity index is 533. The average Bonchev–Trinajstić information content (AvgIpc) is 2.96. The van der Waals surface area contributed by atoms with Crippen LogP contribution in [0.3, 0.4) is 0 Å². The van der Waals surface area contributed by atoms with Gasteiger partial charge in [0.2, 0.25) is 5.91 Å². The molecule has 0 saturated heterocycles. The first-order chi connectivity index (χ1) is 9.81. The first-order valence-corrected chi connectivity index (χ1v) is 8.00. The Morgan fingerprint density at radius 2 is 2.05 bits per heavy atom. The second kappa shape index (κ2) is 6.15. The van der Waals surface area contributed by atoms with Gasteiger partial charge in [-0.05, 0) is 19.8 Å². The van der Waals surface area contributed by atoms with Gasteiger partial charge in [-0.2, -0.15) is 0 Å². The quantitative estimate of drug-likeness (QED) is 0.340. The van der Waals surface area contributed by atoms with E-state index in [1.807, 2.05) is 0 Å². The standard InChI is InChI=1S/C13H19NO6S/c1-6(2)13(17)14-5-10(15)20-12-7-3-8(11(12)16)9(4-7)21(18)19/h7-9,11-12,16,21H,1,3-5H2,2H3,(H,14,17). The number of hydrogen-bond acceptors (Lipinski definition) is 6. The molecule has 2 aliphatic rings. The van der Waals surface area contributed by atoms with Crippen molar-refractivity contribution in [3.8, 4) is 0 Å². The van der Waals surface area contributed by atoms with Crippen molar-refractivity contribution in [1.29, 1.82) is 0 Å². The van der Waals surface area contributed by atoms with E-state index in [1.54, 1.807) is 0 Å². The van der Waals surface area contributed by atoms with E-state index < -0.39 is 40.0 Å². The molecule has 0 spiro atoms. The molecule has 5 atom stereocenters. The third kappa shape index (κ3) is 3.26. The van der Waals surface area contributed by atoms with Crippen molar-refractivity contribution in [2.75, 3.05) is 6.54 Å². The first-order valence-electron chi connectivity index (χ1n) is 6.76. The number of hydrogen-bond donors (Lipinski definition) is 3. The molecule has 2 aliphatic carbocycles. The molecule has 2 fully saturated rings. The lowest BCUT2D eigenvalue weighted by atomic mass is 9.94. The fraction of sp³-hybridized carbons (Fsp3) is 0.692. The van der Waals surface area contributed by atoms with Gasteiger partial charge in [0.15, 0.2) is 0 Å².